The molecule has 1 N–H and O–H groups in total. The summed E-state index contributed by atoms with van der Waals surface area (Å²) in [5, 5.41) is 0. The lowest BCUT2D eigenvalue weighted by molar-refractivity contribution is 0.278. The van der Waals surface area contributed by atoms with E-state index in [4.69, 9.17) is 0 Å². The fourth-order valence-corrected chi connectivity index (χ4v) is 3.61. The van der Waals surface area contributed by atoms with Crippen molar-refractivity contribution in [1.82, 2.24) is 9.88 Å². The summed E-state index contributed by atoms with van der Waals surface area (Å²) in [7, 11) is 0. The number of rotatable bonds is 7. The van der Waals surface area contributed by atoms with Crippen molar-refractivity contribution in [3.63, 3.8) is 0 Å². The maximum Gasteiger partial charge on any atom is 0.305 e. The van der Waals surface area contributed by atoms with Gasteiger partial charge in [-0.2, -0.15) is 0 Å². The van der Waals surface area contributed by atoms with E-state index in [-0.39, 0.29) is 4.87 Å². The monoisotopic (exact) mass is 292 g/mol. The second kappa shape index (κ2) is 7.04. The zero-order chi connectivity index (χ0) is 14.5. The van der Waals surface area contributed by atoms with Gasteiger partial charge in [-0.05, 0) is 50.4 Å². The van der Waals surface area contributed by atoms with Crippen LogP contribution in [0.2, 0.25) is 0 Å². The highest BCUT2D eigenvalue weighted by atomic mass is 32.1. The molecule has 0 amide bonds. The van der Waals surface area contributed by atoms with Gasteiger partial charge >= 0.3 is 4.87 Å². The van der Waals surface area contributed by atoms with Crippen molar-refractivity contribution in [2.45, 2.75) is 40.0 Å². The van der Waals surface area contributed by atoms with Gasteiger partial charge in [-0.15, -0.1) is 0 Å². The molecule has 3 nitrogen and oxygen atoms in total. The number of hydrogen-bond donors (Lipinski definition) is 1. The Hall–Kier alpha value is -1.13. The summed E-state index contributed by atoms with van der Waals surface area (Å²) in [4.78, 5) is 17.1. The first kappa shape index (κ1) is 15.3. The summed E-state index contributed by atoms with van der Waals surface area (Å²) in [6, 6.07) is 4.29. The third kappa shape index (κ3) is 3.49. The first-order valence-electron chi connectivity index (χ1n) is 7.49. The van der Waals surface area contributed by atoms with Crippen LogP contribution in [-0.4, -0.2) is 29.5 Å². The van der Waals surface area contributed by atoms with Crippen LogP contribution in [-0.2, 0) is 6.42 Å². The molecular formula is C16H24N2OS. The van der Waals surface area contributed by atoms with Gasteiger partial charge in [-0.1, -0.05) is 37.3 Å². The highest BCUT2D eigenvalue weighted by molar-refractivity contribution is 7.16. The van der Waals surface area contributed by atoms with Crippen molar-refractivity contribution in [2.24, 2.45) is 0 Å². The van der Waals surface area contributed by atoms with Gasteiger partial charge in [0.05, 0.1) is 10.2 Å². The molecule has 0 aliphatic rings. The van der Waals surface area contributed by atoms with Crippen molar-refractivity contribution in [3.8, 4) is 0 Å². The van der Waals surface area contributed by atoms with E-state index in [2.05, 4.69) is 42.8 Å². The smallest absolute Gasteiger partial charge is 0.305 e. The molecule has 0 fully saturated rings. The molecule has 0 saturated carbocycles. The van der Waals surface area contributed by atoms with Crippen molar-refractivity contribution in [3.05, 3.63) is 32.9 Å². The summed E-state index contributed by atoms with van der Waals surface area (Å²) >= 11 is 1.34. The molecule has 0 radical (unpaired) electrons. The second-order valence-corrected chi connectivity index (χ2v) is 6.34. The third-order valence-corrected chi connectivity index (χ3v) is 4.60. The van der Waals surface area contributed by atoms with Crippen molar-refractivity contribution >= 4 is 21.6 Å². The Morgan fingerprint density at radius 1 is 1.15 bits per heavy atom. The molecule has 0 saturated heterocycles. The van der Waals surface area contributed by atoms with E-state index in [1.165, 1.54) is 29.7 Å². The third-order valence-electron chi connectivity index (χ3n) is 3.65. The van der Waals surface area contributed by atoms with Crippen LogP contribution in [0.5, 0.6) is 0 Å². The van der Waals surface area contributed by atoms with Crippen molar-refractivity contribution in [1.29, 1.82) is 0 Å². The maximum absolute atomic E-state index is 11.6. The number of H-pyrrole nitrogens is 1. The largest absolute Gasteiger partial charge is 0.312 e. The minimum atomic E-state index is 0.0505. The zero-order valence-electron chi connectivity index (χ0n) is 12.7. The van der Waals surface area contributed by atoms with Crippen LogP contribution in [0.4, 0.5) is 0 Å². The van der Waals surface area contributed by atoms with Gasteiger partial charge in [0.15, 0.2) is 0 Å². The molecule has 4 heteroatoms. The van der Waals surface area contributed by atoms with E-state index in [1.54, 1.807) is 0 Å². The highest BCUT2D eigenvalue weighted by Gasteiger charge is 2.09. The predicted molar refractivity (Wildman–Crippen MR) is 87.9 cm³/mol. The molecule has 0 spiro atoms. The van der Waals surface area contributed by atoms with Gasteiger partial charge in [-0.25, -0.2) is 0 Å². The van der Waals surface area contributed by atoms with E-state index in [0.29, 0.717) is 0 Å². The minimum absolute atomic E-state index is 0.0505. The first-order valence-corrected chi connectivity index (χ1v) is 8.31. The summed E-state index contributed by atoms with van der Waals surface area (Å²) in [6.45, 7) is 9.90. The van der Waals surface area contributed by atoms with E-state index in [1.807, 2.05) is 0 Å². The Bertz CT molecular complexity index is 608. The Morgan fingerprint density at radius 2 is 1.85 bits per heavy atom. The normalized spacial score (nSPS) is 11.6. The van der Waals surface area contributed by atoms with Gasteiger partial charge in [0.2, 0.25) is 0 Å². The lowest BCUT2D eigenvalue weighted by atomic mass is 10.1. The number of nitrogens with one attached hydrogen (secondary N) is 1. The average molecular weight is 292 g/mol. The van der Waals surface area contributed by atoms with Crippen LogP contribution in [0.25, 0.3) is 10.2 Å². The second-order valence-electron chi connectivity index (χ2n) is 5.35. The molecule has 1 aromatic carbocycles. The van der Waals surface area contributed by atoms with Crippen molar-refractivity contribution in [2.75, 3.05) is 19.6 Å². The lowest BCUT2D eigenvalue weighted by Gasteiger charge is -2.21. The number of fused-ring (bicyclic) bond motifs is 1. The van der Waals surface area contributed by atoms with E-state index in [0.717, 1.165) is 41.8 Å². The zero-order valence-corrected chi connectivity index (χ0v) is 13.5. The Morgan fingerprint density at radius 3 is 2.50 bits per heavy atom. The fraction of sp³-hybridized carbons (Fsp3) is 0.562. The van der Waals surface area contributed by atoms with Gasteiger partial charge in [0.1, 0.15) is 0 Å². The molecule has 2 rings (SSSR count). The van der Waals surface area contributed by atoms with Gasteiger partial charge in [0, 0.05) is 6.54 Å². The fourth-order valence-electron chi connectivity index (χ4n) is 2.66. The first-order chi connectivity index (χ1) is 9.65. The predicted octanol–water partition coefficient (Wildman–Crippen LogP) is 3.56. The quantitative estimate of drug-likeness (QED) is 0.847. The molecular weight excluding hydrogens is 268 g/mol. The van der Waals surface area contributed by atoms with Crippen LogP contribution >= 0.6 is 11.3 Å². The standard InChI is InChI=1S/C16H24N2OS/c1-4-9-18(10-5-2)11-8-13-7-6-12(3)14-15(13)20-16(19)17-14/h6-7H,4-5,8-11H2,1-3H3,(H,17,19). The molecule has 0 aliphatic heterocycles. The number of aromatic nitrogens is 1. The van der Waals surface area contributed by atoms with Crippen LogP contribution in [0, 0.1) is 6.92 Å². The molecule has 2 aromatic rings. The number of benzene rings is 1. The Balaban J connectivity index is 2.17. The summed E-state index contributed by atoms with van der Waals surface area (Å²) in [5.41, 5.74) is 3.47. The molecule has 0 unspecified atom stereocenters. The molecule has 1 aromatic heterocycles. The molecule has 0 aliphatic carbocycles. The molecule has 0 bridgehead atoms. The van der Waals surface area contributed by atoms with E-state index >= 15 is 0 Å². The van der Waals surface area contributed by atoms with Crippen LogP contribution < -0.4 is 4.87 Å². The molecule has 1 heterocycles. The summed E-state index contributed by atoms with van der Waals surface area (Å²) < 4.78 is 1.14. The minimum Gasteiger partial charge on any atom is -0.312 e. The molecule has 0 atom stereocenters. The van der Waals surface area contributed by atoms with Crippen LogP contribution in [0.3, 0.4) is 0 Å². The Kier molecular flexibility index (Phi) is 5.38. The maximum atomic E-state index is 11.6. The van der Waals surface area contributed by atoms with Gasteiger partial charge in [0.25, 0.3) is 0 Å². The SMILES string of the molecule is CCCN(CCC)CCc1ccc(C)c2[nH]c(=O)sc12. The number of aromatic amines is 1. The summed E-state index contributed by atoms with van der Waals surface area (Å²) in [6.07, 6.45) is 3.41. The van der Waals surface area contributed by atoms with E-state index < -0.39 is 0 Å². The molecule has 20 heavy (non-hydrogen) atoms. The molecule has 110 valence electrons. The highest BCUT2D eigenvalue weighted by Crippen LogP contribution is 2.23. The number of hydrogen-bond acceptors (Lipinski definition) is 3. The van der Waals surface area contributed by atoms with Crippen LogP contribution in [0.1, 0.15) is 37.8 Å². The summed E-state index contributed by atoms with van der Waals surface area (Å²) in [5.74, 6) is 0. The number of nitrogens with zero attached hydrogens (tertiary/aromatic N) is 1. The van der Waals surface area contributed by atoms with Gasteiger partial charge in [-0.3, -0.25) is 4.79 Å². The van der Waals surface area contributed by atoms with Gasteiger partial charge < -0.3 is 9.88 Å². The average Bonchev–Trinajstić information content (AvgIpc) is 2.81. The van der Waals surface area contributed by atoms with Crippen molar-refractivity contribution < 1.29 is 0 Å². The Labute approximate surface area is 124 Å². The van der Waals surface area contributed by atoms with Crippen LogP contribution in [0.15, 0.2) is 16.9 Å². The number of aryl methyl sites for hydroxylation is 1. The topological polar surface area (TPSA) is 36.1 Å². The van der Waals surface area contributed by atoms with E-state index in [9.17, 15) is 4.79 Å². The number of thiazole rings is 1. The lowest BCUT2D eigenvalue weighted by Crippen LogP contribution is -2.27.